The summed E-state index contributed by atoms with van der Waals surface area (Å²) in [5, 5.41) is 6.95. The van der Waals surface area contributed by atoms with Crippen LogP contribution in [0.2, 0.25) is 0 Å². The van der Waals surface area contributed by atoms with Gasteiger partial charge in [0.1, 0.15) is 0 Å². The average Bonchev–Trinajstić information content (AvgIpc) is 2.86. The van der Waals surface area contributed by atoms with Crippen molar-refractivity contribution in [3.63, 3.8) is 0 Å². The summed E-state index contributed by atoms with van der Waals surface area (Å²) in [5.41, 5.74) is 2.35. The maximum Gasteiger partial charge on any atom is 0.257 e. The van der Waals surface area contributed by atoms with Crippen molar-refractivity contribution in [2.24, 2.45) is 0 Å². The molecule has 1 unspecified atom stereocenters. The van der Waals surface area contributed by atoms with E-state index in [-0.39, 0.29) is 5.91 Å². The number of carbonyl (C=O) groups is 1. The summed E-state index contributed by atoms with van der Waals surface area (Å²) in [4.78, 5) is 16.5. The van der Waals surface area contributed by atoms with Gasteiger partial charge in [-0.2, -0.15) is 5.10 Å². The van der Waals surface area contributed by atoms with E-state index >= 15 is 0 Å². The number of nitrogens with zero attached hydrogens (tertiary/aromatic N) is 3. The number of amides is 1. The molecule has 1 atom stereocenters. The topological polar surface area (TPSA) is 52.2 Å². The average molecular weight is 250 g/mol. The third kappa shape index (κ3) is 2.41. The zero-order chi connectivity index (χ0) is 13.3. The zero-order valence-corrected chi connectivity index (χ0v) is 11.7. The first kappa shape index (κ1) is 13.1. The molecule has 0 aliphatic carbocycles. The lowest BCUT2D eigenvalue weighted by Crippen LogP contribution is -2.39. The van der Waals surface area contributed by atoms with Crippen LogP contribution in [-0.4, -0.2) is 59.1 Å². The maximum atomic E-state index is 12.4. The standard InChI is InChI=1S/C13H22N4O/c1-9-12(10(2)15-14-9)13(18)17(4)8-11-6-5-7-16(11)3/h11H,5-8H2,1-4H3,(H,14,15). The van der Waals surface area contributed by atoms with Crippen molar-refractivity contribution in [1.29, 1.82) is 0 Å². The second kappa shape index (κ2) is 5.10. The summed E-state index contributed by atoms with van der Waals surface area (Å²) >= 11 is 0. The van der Waals surface area contributed by atoms with E-state index in [9.17, 15) is 4.79 Å². The number of aromatic nitrogens is 2. The highest BCUT2D eigenvalue weighted by atomic mass is 16.2. The molecule has 1 aromatic rings. The number of likely N-dealkylation sites (N-methyl/N-ethyl adjacent to an activating group) is 2. The molecular weight excluding hydrogens is 228 g/mol. The van der Waals surface area contributed by atoms with Crippen molar-refractivity contribution >= 4 is 5.91 Å². The molecule has 1 aliphatic heterocycles. The summed E-state index contributed by atoms with van der Waals surface area (Å²) < 4.78 is 0. The lowest BCUT2D eigenvalue weighted by Gasteiger charge is -2.26. The Kier molecular flexibility index (Phi) is 3.71. The largest absolute Gasteiger partial charge is 0.340 e. The van der Waals surface area contributed by atoms with Crippen molar-refractivity contribution < 1.29 is 4.79 Å². The van der Waals surface area contributed by atoms with E-state index in [0.717, 1.165) is 30.0 Å². The van der Waals surface area contributed by atoms with Crippen LogP contribution < -0.4 is 0 Å². The van der Waals surface area contributed by atoms with Gasteiger partial charge in [-0.15, -0.1) is 0 Å². The van der Waals surface area contributed by atoms with E-state index in [1.165, 1.54) is 12.8 Å². The highest BCUT2D eigenvalue weighted by Gasteiger charge is 2.26. The molecule has 1 aliphatic rings. The maximum absolute atomic E-state index is 12.4. The number of likely N-dealkylation sites (tertiary alicyclic amines) is 1. The summed E-state index contributed by atoms with van der Waals surface area (Å²) in [6.45, 7) is 5.69. The Hall–Kier alpha value is -1.36. The van der Waals surface area contributed by atoms with Crippen LogP contribution in [-0.2, 0) is 0 Å². The molecule has 0 spiro atoms. The van der Waals surface area contributed by atoms with Crippen molar-refractivity contribution in [1.82, 2.24) is 20.0 Å². The van der Waals surface area contributed by atoms with Crippen LogP contribution in [0.4, 0.5) is 0 Å². The highest BCUT2D eigenvalue weighted by molar-refractivity contribution is 5.96. The molecule has 2 rings (SSSR count). The highest BCUT2D eigenvalue weighted by Crippen LogP contribution is 2.17. The molecule has 0 aromatic carbocycles. The Morgan fingerprint density at radius 3 is 2.78 bits per heavy atom. The predicted molar refractivity (Wildman–Crippen MR) is 70.7 cm³/mol. The van der Waals surface area contributed by atoms with Gasteiger partial charge in [0.2, 0.25) is 0 Å². The van der Waals surface area contributed by atoms with Crippen molar-refractivity contribution in [2.45, 2.75) is 32.7 Å². The number of nitrogens with one attached hydrogen (secondary N) is 1. The van der Waals surface area contributed by atoms with Gasteiger partial charge in [-0.25, -0.2) is 0 Å². The Morgan fingerprint density at radius 2 is 2.28 bits per heavy atom. The van der Waals surface area contributed by atoms with Gasteiger partial charge in [-0.05, 0) is 40.3 Å². The van der Waals surface area contributed by atoms with E-state index in [2.05, 4.69) is 22.1 Å². The second-order valence-electron chi connectivity index (χ2n) is 5.27. The Bertz CT molecular complexity index is 421. The van der Waals surface area contributed by atoms with E-state index < -0.39 is 0 Å². The quantitative estimate of drug-likeness (QED) is 0.877. The number of H-pyrrole nitrogens is 1. The van der Waals surface area contributed by atoms with Gasteiger partial charge < -0.3 is 9.80 Å². The molecule has 0 radical (unpaired) electrons. The summed E-state index contributed by atoms with van der Waals surface area (Å²) in [5.74, 6) is 0.0686. The monoisotopic (exact) mass is 250 g/mol. The van der Waals surface area contributed by atoms with E-state index in [0.29, 0.717) is 6.04 Å². The fourth-order valence-corrected chi connectivity index (χ4v) is 2.67. The summed E-state index contributed by atoms with van der Waals surface area (Å²) in [6, 6.07) is 0.492. The molecule has 0 bridgehead atoms. The first-order valence-corrected chi connectivity index (χ1v) is 6.48. The fourth-order valence-electron chi connectivity index (χ4n) is 2.67. The smallest absolute Gasteiger partial charge is 0.257 e. The first-order chi connectivity index (χ1) is 8.50. The fraction of sp³-hybridized carbons (Fsp3) is 0.692. The SMILES string of the molecule is Cc1n[nH]c(C)c1C(=O)N(C)CC1CCCN1C. The van der Waals surface area contributed by atoms with Gasteiger partial charge in [0, 0.05) is 25.3 Å². The summed E-state index contributed by atoms with van der Waals surface area (Å²) in [6.07, 6.45) is 2.41. The minimum absolute atomic E-state index is 0.0686. The number of hydrogen-bond donors (Lipinski definition) is 1. The molecule has 1 aromatic heterocycles. The van der Waals surface area contributed by atoms with Crippen molar-refractivity contribution in [2.75, 3.05) is 27.2 Å². The van der Waals surface area contributed by atoms with E-state index in [4.69, 9.17) is 0 Å². The normalized spacial score (nSPS) is 20.3. The van der Waals surface area contributed by atoms with E-state index in [1.807, 2.05) is 25.8 Å². The number of aromatic amines is 1. The van der Waals surface area contributed by atoms with Gasteiger partial charge in [0.05, 0.1) is 11.3 Å². The minimum atomic E-state index is 0.0686. The predicted octanol–water partition coefficient (Wildman–Crippen LogP) is 1.19. The molecule has 5 nitrogen and oxygen atoms in total. The second-order valence-corrected chi connectivity index (χ2v) is 5.27. The van der Waals surface area contributed by atoms with Crippen LogP contribution in [0, 0.1) is 13.8 Å². The third-order valence-electron chi connectivity index (χ3n) is 3.84. The van der Waals surface area contributed by atoms with Crippen LogP contribution in [0.1, 0.15) is 34.6 Å². The van der Waals surface area contributed by atoms with Gasteiger partial charge in [0.25, 0.3) is 5.91 Å². The Balaban J connectivity index is 2.05. The molecule has 0 saturated carbocycles. The number of carbonyl (C=O) groups excluding carboxylic acids is 1. The molecule has 1 N–H and O–H groups in total. The molecular formula is C13H22N4O. The van der Waals surface area contributed by atoms with Gasteiger partial charge in [0.15, 0.2) is 0 Å². The molecule has 1 fully saturated rings. The molecule has 2 heterocycles. The summed E-state index contributed by atoms with van der Waals surface area (Å²) in [7, 11) is 4.00. The van der Waals surface area contributed by atoms with Crippen LogP contribution >= 0.6 is 0 Å². The van der Waals surface area contributed by atoms with Crippen LogP contribution in [0.5, 0.6) is 0 Å². The minimum Gasteiger partial charge on any atom is -0.340 e. The Morgan fingerprint density at radius 1 is 1.56 bits per heavy atom. The molecule has 5 heteroatoms. The number of aryl methyl sites for hydroxylation is 2. The van der Waals surface area contributed by atoms with Gasteiger partial charge in [-0.1, -0.05) is 0 Å². The van der Waals surface area contributed by atoms with Crippen molar-refractivity contribution in [3.8, 4) is 0 Å². The Labute approximate surface area is 108 Å². The van der Waals surface area contributed by atoms with Gasteiger partial charge >= 0.3 is 0 Å². The van der Waals surface area contributed by atoms with Gasteiger partial charge in [-0.3, -0.25) is 9.89 Å². The molecule has 1 amide bonds. The van der Waals surface area contributed by atoms with Crippen LogP contribution in [0.15, 0.2) is 0 Å². The van der Waals surface area contributed by atoms with Crippen LogP contribution in [0.25, 0.3) is 0 Å². The third-order valence-corrected chi connectivity index (χ3v) is 3.84. The number of rotatable bonds is 3. The van der Waals surface area contributed by atoms with Crippen LogP contribution in [0.3, 0.4) is 0 Å². The van der Waals surface area contributed by atoms with E-state index in [1.54, 1.807) is 0 Å². The number of hydrogen-bond acceptors (Lipinski definition) is 3. The lowest BCUT2D eigenvalue weighted by atomic mass is 10.1. The lowest BCUT2D eigenvalue weighted by molar-refractivity contribution is 0.0760. The van der Waals surface area contributed by atoms with Crippen molar-refractivity contribution in [3.05, 3.63) is 17.0 Å². The molecule has 1 saturated heterocycles. The zero-order valence-electron chi connectivity index (χ0n) is 11.7. The first-order valence-electron chi connectivity index (χ1n) is 6.48. The molecule has 100 valence electrons. The molecule has 18 heavy (non-hydrogen) atoms.